The molecule has 2 fully saturated rings. The van der Waals surface area contributed by atoms with Gasteiger partial charge < -0.3 is 9.84 Å². The van der Waals surface area contributed by atoms with Gasteiger partial charge in [-0.25, -0.2) is 8.42 Å². The van der Waals surface area contributed by atoms with Gasteiger partial charge in [0.05, 0.1) is 23.8 Å². The maximum Gasteiger partial charge on any atom is 0.264 e. The molecular weight excluding hydrogens is 478 g/mol. The summed E-state index contributed by atoms with van der Waals surface area (Å²) in [5.41, 5.74) is 3.83. The zero-order valence-corrected chi connectivity index (χ0v) is 22.3. The molecule has 35 heavy (non-hydrogen) atoms. The summed E-state index contributed by atoms with van der Waals surface area (Å²) in [7, 11) is -3.78. The van der Waals surface area contributed by atoms with E-state index in [1.165, 1.54) is 24.8 Å². The summed E-state index contributed by atoms with van der Waals surface area (Å²) in [6.07, 6.45) is 8.53. The first-order valence-electron chi connectivity index (χ1n) is 13.1. The van der Waals surface area contributed by atoms with Gasteiger partial charge in [0.2, 0.25) is 0 Å². The molecule has 0 aromatic heterocycles. The summed E-state index contributed by atoms with van der Waals surface area (Å²) >= 11 is 1.98. The molecule has 2 aromatic rings. The Morgan fingerprint density at radius 1 is 1.06 bits per heavy atom. The highest BCUT2D eigenvalue weighted by molar-refractivity contribution is 7.99. The van der Waals surface area contributed by atoms with E-state index in [4.69, 9.17) is 4.74 Å². The molecule has 2 aliphatic heterocycles. The Bertz CT molecular complexity index is 1140. The number of aliphatic hydroxyl groups excluding tert-OH is 1. The zero-order valence-electron chi connectivity index (χ0n) is 20.6. The number of sulfonamides is 1. The van der Waals surface area contributed by atoms with E-state index in [1.807, 2.05) is 17.8 Å². The Hall–Kier alpha value is -1.70. The van der Waals surface area contributed by atoms with Crippen molar-refractivity contribution in [3.63, 3.8) is 0 Å². The number of hydrogen-bond donors (Lipinski definition) is 1. The molecule has 0 spiro atoms. The van der Waals surface area contributed by atoms with Crippen LogP contribution >= 0.6 is 11.8 Å². The summed E-state index contributed by atoms with van der Waals surface area (Å²) in [5.74, 6) is 4.06. The SMILES string of the molecule is CC[C@@H]1CCc2cc(C3CCC3)ccc2N1S(=O)(=O)c1ccc(OCC2CCSCC2)c(CO)c1. The molecule has 5 nitrogen and oxygen atoms in total. The van der Waals surface area contributed by atoms with Crippen molar-refractivity contribution in [2.75, 3.05) is 22.4 Å². The Morgan fingerprint density at radius 3 is 2.54 bits per heavy atom. The van der Waals surface area contributed by atoms with Crippen molar-refractivity contribution >= 4 is 27.5 Å². The van der Waals surface area contributed by atoms with Crippen LogP contribution in [-0.4, -0.2) is 37.7 Å². The molecule has 1 atom stereocenters. The molecule has 2 heterocycles. The van der Waals surface area contributed by atoms with E-state index in [0.717, 1.165) is 54.9 Å². The van der Waals surface area contributed by atoms with E-state index >= 15 is 0 Å². The monoisotopic (exact) mass is 515 g/mol. The van der Waals surface area contributed by atoms with Crippen molar-refractivity contribution in [3.8, 4) is 5.75 Å². The number of aryl methyl sites for hydroxylation is 1. The quantitative estimate of drug-likeness (QED) is 0.475. The van der Waals surface area contributed by atoms with Crippen molar-refractivity contribution in [1.29, 1.82) is 0 Å². The summed E-state index contributed by atoms with van der Waals surface area (Å²) in [6, 6.07) is 11.3. The number of thioether (sulfide) groups is 1. The first-order valence-corrected chi connectivity index (χ1v) is 15.7. The van der Waals surface area contributed by atoms with Gasteiger partial charge in [-0.3, -0.25) is 4.31 Å². The highest BCUT2D eigenvalue weighted by Crippen LogP contribution is 2.42. The molecule has 190 valence electrons. The van der Waals surface area contributed by atoms with Gasteiger partial charge in [-0.05, 0) is 104 Å². The molecule has 1 saturated carbocycles. The number of ether oxygens (including phenoxy) is 1. The van der Waals surface area contributed by atoms with Crippen LogP contribution in [0, 0.1) is 5.92 Å². The lowest BCUT2D eigenvalue weighted by Crippen LogP contribution is -2.43. The highest BCUT2D eigenvalue weighted by atomic mass is 32.2. The van der Waals surface area contributed by atoms with E-state index in [9.17, 15) is 13.5 Å². The van der Waals surface area contributed by atoms with E-state index in [0.29, 0.717) is 29.8 Å². The zero-order chi connectivity index (χ0) is 24.4. The number of hydrogen-bond acceptors (Lipinski definition) is 5. The molecule has 3 aliphatic rings. The molecule has 0 amide bonds. The predicted octanol–water partition coefficient (Wildman–Crippen LogP) is 5.89. The maximum atomic E-state index is 14.0. The number of aliphatic hydroxyl groups is 1. The Kier molecular flexibility index (Phi) is 7.66. The molecule has 0 unspecified atom stereocenters. The summed E-state index contributed by atoms with van der Waals surface area (Å²) < 4.78 is 35.7. The number of anilines is 1. The second-order valence-electron chi connectivity index (χ2n) is 10.2. The third kappa shape index (κ3) is 5.09. The fraction of sp³-hybridized carbons (Fsp3) is 0.571. The number of benzene rings is 2. The molecule has 2 aromatic carbocycles. The molecule has 7 heteroatoms. The minimum Gasteiger partial charge on any atom is -0.493 e. The molecule has 1 N–H and O–H groups in total. The smallest absolute Gasteiger partial charge is 0.264 e. The van der Waals surface area contributed by atoms with Crippen molar-refractivity contribution in [3.05, 3.63) is 53.1 Å². The Labute approximate surface area is 214 Å². The third-order valence-corrected chi connectivity index (χ3v) is 11.0. The topological polar surface area (TPSA) is 66.8 Å². The lowest BCUT2D eigenvalue weighted by molar-refractivity contribution is 0.226. The average Bonchev–Trinajstić information content (AvgIpc) is 2.86. The van der Waals surface area contributed by atoms with Gasteiger partial charge in [0.25, 0.3) is 10.0 Å². The summed E-state index contributed by atoms with van der Waals surface area (Å²) in [6.45, 7) is 2.42. The second kappa shape index (κ2) is 10.7. The molecule has 0 radical (unpaired) electrons. The van der Waals surface area contributed by atoms with Crippen LogP contribution in [0.2, 0.25) is 0 Å². The van der Waals surface area contributed by atoms with Crippen LogP contribution in [0.1, 0.15) is 74.5 Å². The Morgan fingerprint density at radius 2 is 1.86 bits per heavy atom. The first-order chi connectivity index (χ1) is 17.0. The number of fused-ring (bicyclic) bond motifs is 1. The predicted molar refractivity (Wildman–Crippen MR) is 143 cm³/mol. The van der Waals surface area contributed by atoms with Crippen LogP contribution in [0.25, 0.3) is 0 Å². The standard InChI is InChI=1S/C28H37NO4S2/c1-2-25-8-6-23-16-22(21-4-3-5-21)7-10-27(23)29(25)35(31,32)26-9-11-28(24(17-26)18-30)33-19-20-12-14-34-15-13-20/h7,9-11,16-17,20-21,25,30H,2-6,8,12-15,18-19H2,1H3/t25-/m1/s1. The van der Waals surface area contributed by atoms with Gasteiger partial charge >= 0.3 is 0 Å². The van der Waals surface area contributed by atoms with Gasteiger partial charge in [0, 0.05) is 11.6 Å². The fourth-order valence-corrected chi connectivity index (χ4v) is 8.61. The lowest BCUT2D eigenvalue weighted by atomic mass is 9.79. The highest BCUT2D eigenvalue weighted by Gasteiger charge is 2.36. The van der Waals surface area contributed by atoms with Gasteiger partial charge in [0.15, 0.2) is 0 Å². The van der Waals surface area contributed by atoms with Crippen molar-refractivity contribution < 1.29 is 18.3 Å². The molecule has 1 saturated heterocycles. The van der Waals surface area contributed by atoms with E-state index in [1.54, 1.807) is 22.5 Å². The minimum atomic E-state index is -3.78. The van der Waals surface area contributed by atoms with Crippen LogP contribution in [0.5, 0.6) is 5.75 Å². The van der Waals surface area contributed by atoms with Crippen molar-refractivity contribution in [1.82, 2.24) is 0 Å². The van der Waals surface area contributed by atoms with E-state index in [2.05, 4.69) is 19.1 Å². The number of rotatable bonds is 8. The van der Waals surface area contributed by atoms with Crippen molar-refractivity contribution in [2.24, 2.45) is 5.92 Å². The van der Waals surface area contributed by atoms with Crippen LogP contribution < -0.4 is 9.04 Å². The van der Waals surface area contributed by atoms with Gasteiger partial charge in [-0.1, -0.05) is 25.5 Å². The van der Waals surface area contributed by atoms with E-state index in [-0.39, 0.29) is 17.5 Å². The molecule has 1 aliphatic carbocycles. The molecular formula is C28H37NO4S2. The third-order valence-electron chi connectivity index (χ3n) is 8.04. The van der Waals surface area contributed by atoms with Gasteiger partial charge in [-0.15, -0.1) is 0 Å². The lowest BCUT2D eigenvalue weighted by Gasteiger charge is -2.38. The van der Waals surface area contributed by atoms with Crippen LogP contribution in [0.4, 0.5) is 5.69 Å². The molecule has 5 rings (SSSR count). The normalized spacial score (nSPS) is 21.4. The largest absolute Gasteiger partial charge is 0.493 e. The van der Waals surface area contributed by atoms with Gasteiger partial charge in [0.1, 0.15) is 5.75 Å². The van der Waals surface area contributed by atoms with Gasteiger partial charge in [-0.2, -0.15) is 11.8 Å². The van der Waals surface area contributed by atoms with Crippen molar-refractivity contribution in [2.45, 2.75) is 81.8 Å². The maximum absolute atomic E-state index is 14.0. The molecule has 0 bridgehead atoms. The fourth-order valence-electron chi connectivity index (χ4n) is 5.56. The summed E-state index contributed by atoms with van der Waals surface area (Å²) in [5, 5.41) is 10.0. The average molecular weight is 516 g/mol. The second-order valence-corrected chi connectivity index (χ2v) is 13.3. The Balaban J connectivity index is 1.42. The van der Waals surface area contributed by atoms with E-state index < -0.39 is 10.0 Å². The summed E-state index contributed by atoms with van der Waals surface area (Å²) in [4.78, 5) is 0.220. The van der Waals surface area contributed by atoms with Crippen LogP contribution in [-0.2, 0) is 23.1 Å². The van der Waals surface area contributed by atoms with Crippen LogP contribution in [0.3, 0.4) is 0 Å². The minimum absolute atomic E-state index is 0.0697. The number of nitrogens with zero attached hydrogens (tertiary/aromatic N) is 1. The van der Waals surface area contributed by atoms with Crippen LogP contribution in [0.15, 0.2) is 41.3 Å². The first kappa shape index (κ1) is 25.0.